The number of aliphatic hydroxyl groups excluding tert-OH is 1. The number of fused-ring (bicyclic) bond motifs is 1. The number of hydrogen-bond donors (Lipinski definition) is 4. The molecule has 0 unspecified atom stereocenters. The molecule has 1 heterocycles. The Morgan fingerprint density at radius 3 is 2.54 bits per heavy atom. The van der Waals surface area contributed by atoms with Gasteiger partial charge in [0.05, 0.1) is 6.04 Å². The van der Waals surface area contributed by atoms with Gasteiger partial charge in [0.2, 0.25) is 0 Å². The first-order chi connectivity index (χ1) is 12.4. The lowest BCUT2D eigenvalue weighted by Crippen LogP contribution is -2.48. The quantitative estimate of drug-likeness (QED) is 0.534. The fourth-order valence-electron chi connectivity index (χ4n) is 2.75. The highest BCUT2D eigenvalue weighted by Crippen LogP contribution is 2.20. The number of nitrogens with one attached hydrogen (secondary N) is 2. The van der Waals surface area contributed by atoms with Crippen LogP contribution in [0, 0.1) is 0 Å². The highest BCUT2D eigenvalue weighted by molar-refractivity contribution is 6.31. The molecule has 2 aromatic carbocycles. The molecule has 0 saturated carbocycles. The third-order valence-electron chi connectivity index (χ3n) is 4.08. The number of benzene rings is 2. The molecule has 0 spiro atoms. The topological polar surface area (TPSA) is 102 Å². The summed E-state index contributed by atoms with van der Waals surface area (Å²) in [5.74, 6) is -1.90. The molecule has 2 atom stereocenters. The summed E-state index contributed by atoms with van der Waals surface area (Å²) in [5.41, 5.74) is 1.80. The average Bonchev–Trinajstić information content (AvgIpc) is 3.04. The summed E-state index contributed by atoms with van der Waals surface area (Å²) in [6.07, 6.45) is -1.54. The van der Waals surface area contributed by atoms with E-state index in [1.54, 1.807) is 36.4 Å². The van der Waals surface area contributed by atoms with Gasteiger partial charge in [-0.15, -0.1) is 0 Å². The van der Waals surface area contributed by atoms with E-state index in [0.717, 1.165) is 16.5 Å². The summed E-state index contributed by atoms with van der Waals surface area (Å²) in [5, 5.41) is 23.0. The highest BCUT2D eigenvalue weighted by atomic mass is 35.5. The molecule has 6 nitrogen and oxygen atoms in total. The van der Waals surface area contributed by atoms with Crippen LogP contribution in [0.1, 0.15) is 16.1 Å². The Hall–Kier alpha value is -2.83. The normalized spacial score (nSPS) is 13.3. The SMILES string of the molecule is O=C(N[C@@H](Cc1ccccc1)[C@H](O)C(=O)O)c1cc2cc(Cl)ccc2[nH]1. The number of rotatable bonds is 6. The van der Waals surface area contributed by atoms with Gasteiger partial charge < -0.3 is 20.5 Å². The Kier molecular flexibility index (Phi) is 5.25. The van der Waals surface area contributed by atoms with Crippen molar-refractivity contribution in [2.45, 2.75) is 18.6 Å². The van der Waals surface area contributed by atoms with Crippen LogP contribution in [0.2, 0.25) is 5.02 Å². The predicted octanol–water partition coefficient (Wildman–Crippen LogP) is 2.61. The minimum atomic E-state index is -1.72. The first-order valence-electron chi connectivity index (χ1n) is 7.98. The maximum absolute atomic E-state index is 12.5. The number of aliphatic hydroxyl groups is 1. The molecule has 0 aliphatic heterocycles. The standard InChI is InChI=1S/C19H17ClN2O4/c20-13-6-7-14-12(9-13)10-16(21-14)18(24)22-15(17(23)19(25)26)8-11-4-2-1-3-5-11/h1-7,9-10,15,17,21,23H,8H2,(H,22,24)(H,25,26)/t15-,17-/m0/s1. The van der Waals surface area contributed by atoms with Gasteiger partial charge in [-0.25, -0.2) is 4.79 Å². The van der Waals surface area contributed by atoms with Crippen LogP contribution < -0.4 is 5.32 Å². The van der Waals surface area contributed by atoms with E-state index >= 15 is 0 Å². The van der Waals surface area contributed by atoms with Crippen LogP contribution in [-0.2, 0) is 11.2 Å². The second kappa shape index (κ2) is 7.59. The smallest absolute Gasteiger partial charge is 0.334 e. The number of carbonyl (C=O) groups excluding carboxylic acids is 1. The van der Waals surface area contributed by atoms with E-state index in [9.17, 15) is 14.7 Å². The van der Waals surface area contributed by atoms with Crippen molar-refractivity contribution in [2.75, 3.05) is 0 Å². The van der Waals surface area contributed by atoms with Crippen molar-refractivity contribution < 1.29 is 19.8 Å². The van der Waals surface area contributed by atoms with Crippen molar-refractivity contribution in [3.05, 3.63) is 70.9 Å². The number of halogens is 1. The fourth-order valence-corrected chi connectivity index (χ4v) is 2.93. The molecule has 26 heavy (non-hydrogen) atoms. The lowest BCUT2D eigenvalue weighted by Gasteiger charge is -2.21. The van der Waals surface area contributed by atoms with Crippen LogP contribution in [-0.4, -0.2) is 39.2 Å². The fraction of sp³-hybridized carbons (Fsp3) is 0.158. The second-order valence-electron chi connectivity index (χ2n) is 5.97. The number of amides is 1. The molecule has 0 aliphatic rings. The van der Waals surface area contributed by atoms with Gasteiger partial charge in [0.25, 0.3) is 5.91 Å². The Bertz CT molecular complexity index is 939. The van der Waals surface area contributed by atoms with Gasteiger partial charge in [-0.1, -0.05) is 41.9 Å². The number of hydrogen-bond acceptors (Lipinski definition) is 3. The van der Waals surface area contributed by atoms with Crippen molar-refractivity contribution in [3.8, 4) is 0 Å². The summed E-state index contributed by atoms with van der Waals surface area (Å²) >= 11 is 5.95. The van der Waals surface area contributed by atoms with Crippen molar-refractivity contribution in [2.24, 2.45) is 0 Å². The van der Waals surface area contributed by atoms with E-state index in [4.69, 9.17) is 16.7 Å². The van der Waals surface area contributed by atoms with Gasteiger partial charge in [-0.05, 0) is 36.2 Å². The van der Waals surface area contributed by atoms with Crippen LogP contribution in [0.5, 0.6) is 0 Å². The van der Waals surface area contributed by atoms with Crippen molar-refractivity contribution in [1.29, 1.82) is 0 Å². The van der Waals surface area contributed by atoms with Gasteiger partial charge in [0.1, 0.15) is 5.69 Å². The van der Waals surface area contributed by atoms with Crippen LogP contribution >= 0.6 is 11.6 Å². The molecule has 0 bridgehead atoms. The van der Waals surface area contributed by atoms with Crippen LogP contribution in [0.3, 0.4) is 0 Å². The van der Waals surface area contributed by atoms with Crippen molar-refractivity contribution in [1.82, 2.24) is 10.3 Å². The van der Waals surface area contributed by atoms with E-state index in [1.807, 2.05) is 18.2 Å². The zero-order valence-electron chi connectivity index (χ0n) is 13.6. The Morgan fingerprint density at radius 2 is 1.85 bits per heavy atom. The van der Waals surface area contributed by atoms with Gasteiger partial charge >= 0.3 is 5.97 Å². The number of H-pyrrole nitrogens is 1. The van der Waals surface area contributed by atoms with Gasteiger partial charge in [-0.3, -0.25) is 4.79 Å². The second-order valence-corrected chi connectivity index (χ2v) is 6.40. The molecule has 7 heteroatoms. The number of carbonyl (C=O) groups is 2. The van der Waals surface area contributed by atoms with E-state index in [0.29, 0.717) is 5.02 Å². The molecular formula is C19H17ClN2O4. The maximum Gasteiger partial charge on any atom is 0.334 e. The van der Waals surface area contributed by atoms with Crippen LogP contribution in [0.15, 0.2) is 54.6 Å². The Labute approximate surface area is 154 Å². The minimum absolute atomic E-state index is 0.187. The van der Waals surface area contributed by atoms with Crippen LogP contribution in [0.4, 0.5) is 0 Å². The maximum atomic E-state index is 12.5. The van der Waals surface area contributed by atoms with E-state index < -0.39 is 24.0 Å². The summed E-state index contributed by atoms with van der Waals surface area (Å²) in [6, 6.07) is 14.9. The molecular weight excluding hydrogens is 356 g/mol. The first kappa shape index (κ1) is 18.0. The zero-order valence-corrected chi connectivity index (χ0v) is 14.4. The average molecular weight is 373 g/mol. The summed E-state index contributed by atoms with van der Waals surface area (Å²) < 4.78 is 0. The molecule has 0 saturated heterocycles. The third kappa shape index (κ3) is 4.04. The number of aromatic amines is 1. The molecule has 0 fully saturated rings. The lowest BCUT2D eigenvalue weighted by molar-refractivity contribution is -0.148. The van der Waals surface area contributed by atoms with Gasteiger partial charge in [0.15, 0.2) is 6.10 Å². The summed E-state index contributed by atoms with van der Waals surface area (Å²) in [4.78, 5) is 26.7. The zero-order chi connectivity index (χ0) is 18.7. The molecule has 3 rings (SSSR count). The molecule has 1 amide bonds. The molecule has 1 aromatic heterocycles. The van der Waals surface area contributed by atoms with E-state index in [1.165, 1.54) is 0 Å². The number of aliphatic carboxylic acids is 1. The summed E-state index contributed by atoms with van der Waals surface area (Å²) in [6.45, 7) is 0. The number of aromatic nitrogens is 1. The highest BCUT2D eigenvalue weighted by Gasteiger charge is 2.28. The monoisotopic (exact) mass is 372 g/mol. The first-order valence-corrected chi connectivity index (χ1v) is 8.36. The molecule has 3 aromatic rings. The number of carboxylic acid groups (broad SMARTS) is 1. The third-order valence-corrected chi connectivity index (χ3v) is 4.31. The van der Waals surface area contributed by atoms with E-state index in [2.05, 4.69) is 10.3 Å². The largest absolute Gasteiger partial charge is 0.479 e. The number of carboxylic acids is 1. The van der Waals surface area contributed by atoms with E-state index in [-0.39, 0.29) is 12.1 Å². The molecule has 0 radical (unpaired) electrons. The lowest BCUT2D eigenvalue weighted by atomic mass is 10.0. The van der Waals surface area contributed by atoms with Gasteiger partial charge in [-0.2, -0.15) is 0 Å². The molecule has 134 valence electrons. The Balaban J connectivity index is 1.82. The van der Waals surface area contributed by atoms with Crippen molar-refractivity contribution >= 4 is 34.4 Å². The van der Waals surface area contributed by atoms with Crippen LogP contribution in [0.25, 0.3) is 10.9 Å². The van der Waals surface area contributed by atoms with Crippen molar-refractivity contribution in [3.63, 3.8) is 0 Å². The van der Waals surface area contributed by atoms with Gasteiger partial charge in [0, 0.05) is 15.9 Å². The molecule has 4 N–H and O–H groups in total. The summed E-state index contributed by atoms with van der Waals surface area (Å²) in [7, 11) is 0. The molecule has 0 aliphatic carbocycles. The Morgan fingerprint density at radius 1 is 1.12 bits per heavy atom. The minimum Gasteiger partial charge on any atom is -0.479 e. The predicted molar refractivity (Wildman–Crippen MR) is 98.4 cm³/mol.